The van der Waals surface area contributed by atoms with Crippen molar-refractivity contribution >= 4 is 0 Å². The Morgan fingerprint density at radius 1 is 1.31 bits per heavy atom. The molecule has 16 heavy (non-hydrogen) atoms. The molecule has 0 amide bonds. The number of rotatable bonds is 7. The van der Waals surface area contributed by atoms with Gasteiger partial charge in [0.15, 0.2) is 0 Å². The molecule has 2 N–H and O–H groups in total. The van der Waals surface area contributed by atoms with Crippen LogP contribution in [-0.2, 0) is 4.74 Å². The van der Waals surface area contributed by atoms with Crippen LogP contribution in [0.4, 0.5) is 13.2 Å². The fraction of sp³-hybridized carbons (Fsp3) is 1.00. The van der Waals surface area contributed by atoms with Gasteiger partial charge in [-0.15, -0.1) is 13.2 Å². The van der Waals surface area contributed by atoms with Crippen LogP contribution in [0.15, 0.2) is 0 Å². The van der Waals surface area contributed by atoms with Gasteiger partial charge in [0.05, 0.1) is 12.2 Å². The normalized spacial score (nSPS) is 16.5. The molecule has 0 saturated carbocycles. The lowest BCUT2D eigenvalue weighted by molar-refractivity contribution is -0.323. The van der Waals surface area contributed by atoms with E-state index in [1.165, 1.54) is 0 Å². The smallest absolute Gasteiger partial charge is 0.388 e. The molecular weight excluding hydrogens is 225 g/mol. The SMILES string of the molecule is CN(C)CC(C)(O)CNCCOC(F)(F)F. The van der Waals surface area contributed by atoms with Gasteiger partial charge in [-0.2, -0.15) is 0 Å². The highest BCUT2D eigenvalue weighted by Gasteiger charge is 2.28. The van der Waals surface area contributed by atoms with Crippen LogP contribution in [-0.4, -0.2) is 62.3 Å². The van der Waals surface area contributed by atoms with Crippen LogP contribution >= 0.6 is 0 Å². The molecular formula is C9H19F3N2O2. The van der Waals surface area contributed by atoms with E-state index in [2.05, 4.69) is 10.1 Å². The van der Waals surface area contributed by atoms with E-state index >= 15 is 0 Å². The van der Waals surface area contributed by atoms with E-state index in [0.717, 1.165) is 0 Å². The van der Waals surface area contributed by atoms with Crippen LogP contribution in [0.1, 0.15) is 6.92 Å². The molecule has 0 fully saturated rings. The standard InChI is InChI=1S/C9H19F3N2O2/c1-8(15,7-14(2)3)6-13-4-5-16-9(10,11)12/h13,15H,4-7H2,1-3H3. The van der Waals surface area contributed by atoms with Crippen molar-refractivity contribution in [2.45, 2.75) is 18.9 Å². The Hall–Kier alpha value is -0.370. The highest BCUT2D eigenvalue weighted by atomic mass is 19.4. The summed E-state index contributed by atoms with van der Waals surface area (Å²) in [6, 6.07) is 0. The first kappa shape index (κ1) is 15.6. The maximum atomic E-state index is 11.6. The zero-order chi connectivity index (χ0) is 12.8. The monoisotopic (exact) mass is 244 g/mol. The number of likely N-dealkylation sites (N-methyl/N-ethyl adjacent to an activating group) is 1. The van der Waals surface area contributed by atoms with Crippen molar-refractivity contribution in [3.05, 3.63) is 0 Å². The van der Waals surface area contributed by atoms with Crippen molar-refractivity contribution in [3.63, 3.8) is 0 Å². The fourth-order valence-electron chi connectivity index (χ4n) is 1.33. The van der Waals surface area contributed by atoms with Crippen molar-refractivity contribution in [1.82, 2.24) is 10.2 Å². The first-order valence-electron chi connectivity index (χ1n) is 4.91. The van der Waals surface area contributed by atoms with Gasteiger partial charge >= 0.3 is 6.36 Å². The Balaban J connectivity index is 3.58. The van der Waals surface area contributed by atoms with Gasteiger partial charge in [0.1, 0.15) is 0 Å². The Kier molecular flexibility index (Phi) is 6.24. The molecule has 0 aliphatic carbocycles. The third kappa shape index (κ3) is 10.2. The minimum atomic E-state index is -4.59. The Morgan fingerprint density at radius 2 is 1.88 bits per heavy atom. The second kappa shape index (κ2) is 6.39. The molecule has 0 radical (unpaired) electrons. The van der Waals surface area contributed by atoms with Crippen LogP contribution < -0.4 is 5.32 Å². The maximum Gasteiger partial charge on any atom is 0.522 e. The van der Waals surface area contributed by atoms with Crippen LogP contribution in [0.25, 0.3) is 0 Å². The average Bonchev–Trinajstić information content (AvgIpc) is 1.98. The maximum absolute atomic E-state index is 11.6. The molecule has 0 aromatic carbocycles. The molecule has 0 aromatic rings. The van der Waals surface area contributed by atoms with Crippen molar-refractivity contribution in [2.75, 3.05) is 40.3 Å². The van der Waals surface area contributed by atoms with Gasteiger partial charge in [-0.25, -0.2) is 0 Å². The zero-order valence-electron chi connectivity index (χ0n) is 9.76. The summed E-state index contributed by atoms with van der Waals surface area (Å²) in [7, 11) is 3.61. The van der Waals surface area contributed by atoms with E-state index in [-0.39, 0.29) is 13.1 Å². The van der Waals surface area contributed by atoms with Gasteiger partial charge in [0, 0.05) is 19.6 Å². The summed E-state index contributed by atoms with van der Waals surface area (Å²) in [5.74, 6) is 0. The lowest BCUT2D eigenvalue weighted by Gasteiger charge is -2.27. The molecule has 0 bridgehead atoms. The second-order valence-electron chi connectivity index (χ2n) is 4.21. The van der Waals surface area contributed by atoms with Gasteiger partial charge in [-0.1, -0.05) is 0 Å². The van der Waals surface area contributed by atoms with Gasteiger partial charge in [-0.3, -0.25) is 4.74 Å². The number of halogens is 3. The number of hydrogen-bond acceptors (Lipinski definition) is 4. The van der Waals surface area contributed by atoms with Gasteiger partial charge in [0.25, 0.3) is 0 Å². The summed E-state index contributed by atoms with van der Waals surface area (Å²) in [5.41, 5.74) is -0.971. The van der Waals surface area contributed by atoms with Crippen molar-refractivity contribution in [2.24, 2.45) is 0 Å². The van der Waals surface area contributed by atoms with E-state index < -0.39 is 18.6 Å². The van der Waals surface area contributed by atoms with Crippen LogP contribution in [0.2, 0.25) is 0 Å². The molecule has 0 saturated heterocycles. The Bertz CT molecular complexity index is 196. The Morgan fingerprint density at radius 3 is 2.31 bits per heavy atom. The predicted molar refractivity (Wildman–Crippen MR) is 54.1 cm³/mol. The molecule has 1 unspecified atom stereocenters. The summed E-state index contributed by atoms with van der Waals surface area (Å²) < 4.78 is 38.3. The fourth-order valence-corrected chi connectivity index (χ4v) is 1.33. The van der Waals surface area contributed by atoms with Crippen molar-refractivity contribution < 1.29 is 23.0 Å². The molecule has 98 valence electrons. The van der Waals surface area contributed by atoms with Crippen molar-refractivity contribution in [1.29, 1.82) is 0 Å². The number of aliphatic hydroxyl groups is 1. The minimum Gasteiger partial charge on any atom is -0.388 e. The van der Waals surface area contributed by atoms with Gasteiger partial charge in [0.2, 0.25) is 0 Å². The highest BCUT2D eigenvalue weighted by Crippen LogP contribution is 2.15. The van der Waals surface area contributed by atoms with Crippen LogP contribution in [0.5, 0.6) is 0 Å². The summed E-state index contributed by atoms with van der Waals surface area (Å²) in [5, 5.41) is 12.5. The first-order valence-corrected chi connectivity index (χ1v) is 4.91. The lowest BCUT2D eigenvalue weighted by Crippen LogP contribution is -2.46. The molecule has 7 heteroatoms. The molecule has 1 atom stereocenters. The van der Waals surface area contributed by atoms with E-state index in [1.807, 2.05) is 0 Å². The quantitative estimate of drug-likeness (QED) is 0.637. The second-order valence-corrected chi connectivity index (χ2v) is 4.21. The third-order valence-corrected chi connectivity index (χ3v) is 1.71. The van der Waals surface area contributed by atoms with E-state index in [9.17, 15) is 18.3 Å². The topological polar surface area (TPSA) is 44.7 Å². The lowest BCUT2D eigenvalue weighted by atomic mass is 10.1. The van der Waals surface area contributed by atoms with Crippen LogP contribution in [0, 0.1) is 0 Å². The minimum absolute atomic E-state index is 0.0447. The largest absolute Gasteiger partial charge is 0.522 e. The summed E-state index contributed by atoms with van der Waals surface area (Å²) in [6.07, 6.45) is -4.59. The zero-order valence-corrected chi connectivity index (χ0v) is 9.76. The first-order chi connectivity index (χ1) is 7.12. The van der Waals surface area contributed by atoms with Gasteiger partial charge < -0.3 is 15.3 Å². The number of nitrogens with zero attached hydrogens (tertiary/aromatic N) is 1. The van der Waals surface area contributed by atoms with E-state index in [1.54, 1.807) is 25.9 Å². The molecule has 0 aliphatic rings. The third-order valence-electron chi connectivity index (χ3n) is 1.71. The molecule has 0 aromatic heterocycles. The molecule has 0 spiro atoms. The predicted octanol–water partition coefficient (Wildman–Crippen LogP) is 0.425. The summed E-state index contributed by atoms with van der Waals surface area (Å²) >= 11 is 0. The summed E-state index contributed by atoms with van der Waals surface area (Å²) in [6.45, 7) is 1.85. The van der Waals surface area contributed by atoms with E-state index in [0.29, 0.717) is 6.54 Å². The van der Waals surface area contributed by atoms with E-state index in [4.69, 9.17) is 0 Å². The highest BCUT2D eigenvalue weighted by molar-refractivity contribution is 4.77. The van der Waals surface area contributed by atoms with Crippen LogP contribution in [0.3, 0.4) is 0 Å². The van der Waals surface area contributed by atoms with Gasteiger partial charge in [-0.05, 0) is 21.0 Å². The van der Waals surface area contributed by atoms with Crippen molar-refractivity contribution in [3.8, 4) is 0 Å². The average molecular weight is 244 g/mol. The number of nitrogens with one attached hydrogen (secondary N) is 1. The number of hydrogen-bond donors (Lipinski definition) is 2. The molecule has 0 aliphatic heterocycles. The summed E-state index contributed by atoms with van der Waals surface area (Å²) in [4.78, 5) is 1.80. The molecule has 0 heterocycles. The Labute approximate surface area is 93.4 Å². The number of ether oxygens (including phenoxy) is 1. The molecule has 0 rings (SSSR count). The number of alkyl halides is 3. The molecule has 4 nitrogen and oxygen atoms in total.